The zero-order valence-corrected chi connectivity index (χ0v) is 15.6. The summed E-state index contributed by atoms with van der Waals surface area (Å²) in [6, 6.07) is 0.305. The summed E-state index contributed by atoms with van der Waals surface area (Å²) in [6.45, 7) is 8.94. The maximum atomic E-state index is 12.7. The van der Waals surface area contributed by atoms with Crippen LogP contribution in [0.2, 0.25) is 0 Å². The fraction of sp³-hybridized carbons (Fsp3) is 0.857. The molecule has 4 nitrogen and oxygen atoms in total. The first-order valence-electron chi connectivity index (χ1n) is 10.4. The van der Waals surface area contributed by atoms with Crippen molar-refractivity contribution in [2.24, 2.45) is 23.2 Å². The van der Waals surface area contributed by atoms with Gasteiger partial charge in [-0.3, -0.25) is 4.79 Å². The van der Waals surface area contributed by atoms with Crippen LogP contribution in [0.25, 0.3) is 0 Å². The van der Waals surface area contributed by atoms with Crippen LogP contribution in [0.15, 0.2) is 12.2 Å². The molecule has 4 heteroatoms. The predicted octanol–water partition coefficient (Wildman–Crippen LogP) is 1.73. The van der Waals surface area contributed by atoms with Crippen LogP contribution in [0.3, 0.4) is 0 Å². The molecule has 4 fully saturated rings. The first-order chi connectivity index (χ1) is 12.0. The molecule has 0 amide bonds. The van der Waals surface area contributed by atoms with Crippen LogP contribution in [-0.2, 0) is 9.53 Å². The van der Waals surface area contributed by atoms with Crippen LogP contribution in [-0.4, -0.2) is 42.9 Å². The van der Waals surface area contributed by atoms with Gasteiger partial charge in [0.25, 0.3) is 0 Å². The molecule has 0 aromatic rings. The third kappa shape index (κ3) is 3.06. The minimum absolute atomic E-state index is 0.0198. The van der Waals surface area contributed by atoms with Crippen LogP contribution >= 0.6 is 0 Å². The van der Waals surface area contributed by atoms with E-state index in [1.165, 1.54) is 36.2 Å². The van der Waals surface area contributed by atoms with Crippen molar-refractivity contribution in [3.05, 3.63) is 12.2 Å². The molecule has 2 saturated heterocycles. The number of hydrogen-bond acceptors (Lipinski definition) is 3. The number of aliphatic hydroxyl groups is 1. The predicted molar refractivity (Wildman–Crippen MR) is 96.1 cm³/mol. The van der Waals surface area contributed by atoms with Gasteiger partial charge in [0, 0.05) is 12.3 Å². The highest BCUT2D eigenvalue weighted by atomic mass is 16.6. The lowest BCUT2D eigenvalue weighted by Crippen LogP contribution is -3.17. The van der Waals surface area contributed by atoms with Gasteiger partial charge in [-0.05, 0) is 56.3 Å². The highest BCUT2D eigenvalue weighted by molar-refractivity contribution is 5.75. The van der Waals surface area contributed by atoms with Crippen molar-refractivity contribution in [1.82, 2.24) is 0 Å². The average Bonchev–Trinajstić information content (AvgIpc) is 2.88. The standard InChI is InChI=1S/C21H33NO3/c1-14-6-5-8-21(2)11-19-16(10-18(14)21)17(20(24)25-19)12-22-9-4-3-7-15(22)13-23/h15-19,23H,1,3-13H2,2H3/p+1/t15-,16-,17-,18+,19-,21-/m1/s1. The van der Waals surface area contributed by atoms with Gasteiger partial charge in [-0.25, -0.2) is 0 Å². The van der Waals surface area contributed by atoms with Crippen molar-refractivity contribution < 1.29 is 19.5 Å². The quantitative estimate of drug-likeness (QED) is 0.603. The second-order valence-electron chi connectivity index (χ2n) is 9.39. The molecule has 0 aromatic heterocycles. The van der Waals surface area contributed by atoms with E-state index < -0.39 is 0 Å². The van der Waals surface area contributed by atoms with Gasteiger partial charge in [0.1, 0.15) is 18.1 Å². The largest absolute Gasteiger partial charge is 0.462 e. The fourth-order valence-corrected chi connectivity index (χ4v) is 6.41. The molecule has 2 aliphatic heterocycles. The first-order valence-corrected chi connectivity index (χ1v) is 10.4. The molecule has 4 aliphatic rings. The Morgan fingerprint density at radius 2 is 2.20 bits per heavy atom. The molecule has 0 radical (unpaired) electrons. The van der Waals surface area contributed by atoms with Crippen molar-refractivity contribution in [2.45, 2.75) is 70.4 Å². The van der Waals surface area contributed by atoms with Crippen molar-refractivity contribution in [2.75, 3.05) is 19.7 Å². The number of allylic oxidation sites excluding steroid dienone is 1. The van der Waals surface area contributed by atoms with E-state index in [9.17, 15) is 9.90 Å². The average molecular weight is 349 g/mol. The van der Waals surface area contributed by atoms with Crippen molar-refractivity contribution >= 4 is 5.97 Å². The molecule has 140 valence electrons. The monoisotopic (exact) mass is 348 g/mol. The molecule has 2 saturated carbocycles. The summed E-state index contributed by atoms with van der Waals surface area (Å²) >= 11 is 0. The van der Waals surface area contributed by atoms with E-state index in [-0.39, 0.29) is 30.0 Å². The van der Waals surface area contributed by atoms with Crippen molar-refractivity contribution in [3.8, 4) is 0 Å². The topological polar surface area (TPSA) is 51.0 Å². The Kier molecular flexibility index (Phi) is 4.70. The second kappa shape index (κ2) is 6.70. The number of quaternary nitrogens is 1. The molecular formula is C21H34NO3+. The maximum absolute atomic E-state index is 12.7. The van der Waals surface area contributed by atoms with E-state index in [1.807, 2.05) is 0 Å². The van der Waals surface area contributed by atoms with Gasteiger partial charge in [-0.15, -0.1) is 0 Å². The molecule has 7 atom stereocenters. The summed E-state index contributed by atoms with van der Waals surface area (Å²) in [7, 11) is 0. The van der Waals surface area contributed by atoms with Gasteiger partial charge < -0.3 is 14.7 Å². The number of aliphatic hydroxyl groups excluding tert-OH is 1. The molecular weight excluding hydrogens is 314 g/mol. The lowest BCUT2D eigenvalue weighted by molar-refractivity contribution is -0.933. The zero-order valence-electron chi connectivity index (χ0n) is 15.6. The number of fused-ring (bicyclic) bond motifs is 2. The van der Waals surface area contributed by atoms with Gasteiger partial charge in [-0.2, -0.15) is 0 Å². The van der Waals surface area contributed by atoms with E-state index in [2.05, 4.69) is 13.5 Å². The van der Waals surface area contributed by atoms with E-state index >= 15 is 0 Å². The third-order valence-electron chi connectivity index (χ3n) is 7.90. The van der Waals surface area contributed by atoms with Gasteiger partial charge in [0.2, 0.25) is 0 Å². The minimum Gasteiger partial charge on any atom is -0.462 e. The van der Waals surface area contributed by atoms with Crippen LogP contribution < -0.4 is 4.90 Å². The Hall–Kier alpha value is -0.870. The minimum atomic E-state index is 0.0198. The number of likely N-dealkylation sites (tertiary alicyclic amines) is 1. The molecule has 4 rings (SSSR count). The number of rotatable bonds is 3. The highest BCUT2D eigenvalue weighted by Gasteiger charge is 2.56. The SMILES string of the molecule is C=C1CCC[C@]2(C)C[C@H]3OC(=O)[C@H](C[NH+]4CCCC[C@@H]4CO)[C@H]3C[C@@H]12. The van der Waals surface area contributed by atoms with Crippen LogP contribution in [0.5, 0.6) is 0 Å². The Morgan fingerprint density at radius 1 is 1.36 bits per heavy atom. The van der Waals surface area contributed by atoms with Gasteiger partial charge in [0.05, 0.1) is 19.7 Å². The molecule has 0 spiro atoms. The Morgan fingerprint density at radius 3 is 3.00 bits per heavy atom. The zero-order chi connectivity index (χ0) is 17.6. The highest BCUT2D eigenvalue weighted by Crippen LogP contribution is 2.56. The number of hydrogen-bond donors (Lipinski definition) is 2. The normalized spacial score (nSPS) is 47.1. The van der Waals surface area contributed by atoms with Gasteiger partial charge in [-0.1, -0.05) is 19.1 Å². The number of esters is 1. The Bertz CT molecular complexity index is 547. The summed E-state index contributed by atoms with van der Waals surface area (Å²) in [6.07, 6.45) is 9.33. The van der Waals surface area contributed by atoms with Crippen molar-refractivity contribution in [3.63, 3.8) is 0 Å². The lowest BCUT2D eigenvalue weighted by atomic mass is 9.55. The molecule has 0 aromatic carbocycles. The first kappa shape index (κ1) is 17.5. The maximum Gasteiger partial charge on any atom is 0.315 e. The van der Waals surface area contributed by atoms with E-state index in [0.717, 1.165) is 38.8 Å². The molecule has 2 aliphatic carbocycles. The van der Waals surface area contributed by atoms with Crippen LogP contribution in [0.1, 0.15) is 58.3 Å². The summed E-state index contributed by atoms with van der Waals surface area (Å²) in [5.74, 6) is 0.961. The lowest BCUT2D eigenvalue weighted by Gasteiger charge is -2.50. The number of ether oxygens (including phenoxy) is 1. The number of carbonyl (C=O) groups excluding carboxylic acids is 1. The molecule has 2 heterocycles. The summed E-state index contributed by atoms with van der Waals surface area (Å²) < 4.78 is 5.89. The fourth-order valence-electron chi connectivity index (χ4n) is 6.41. The third-order valence-corrected chi connectivity index (χ3v) is 7.90. The molecule has 2 N–H and O–H groups in total. The molecule has 1 unspecified atom stereocenters. The summed E-state index contributed by atoms with van der Waals surface area (Å²) in [4.78, 5) is 14.1. The van der Waals surface area contributed by atoms with Crippen LogP contribution in [0.4, 0.5) is 0 Å². The van der Waals surface area contributed by atoms with E-state index in [0.29, 0.717) is 17.9 Å². The van der Waals surface area contributed by atoms with Crippen molar-refractivity contribution in [1.29, 1.82) is 0 Å². The Labute approximate surface area is 151 Å². The smallest absolute Gasteiger partial charge is 0.315 e. The summed E-state index contributed by atoms with van der Waals surface area (Å²) in [5.41, 5.74) is 1.68. The summed E-state index contributed by atoms with van der Waals surface area (Å²) in [5, 5.41) is 9.71. The Balaban J connectivity index is 1.51. The number of carbonyl (C=O) groups is 1. The molecule has 0 bridgehead atoms. The van der Waals surface area contributed by atoms with Gasteiger partial charge in [0.15, 0.2) is 0 Å². The number of nitrogens with one attached hydrogen (secondary N) is 1. The second-order valence-corrected chi connectivity index (χ2v) is 9.39. The van der Waals surface area contributed by atoms with Gasteiger partial charge >= 0.3 is 5.97 Å². The van der Waals surface area contributed by atoms with E-state index in [1.54, 1.807) is 0 Å². The van der Waals surface area contributed by atoms with E-state index in [4.69, 9.17) is 4.74 Å². The van der Waals surface area contributed by atoms with Crippen LogP contribution in [0, 0.1) is 23.2 Å². The number of piperidine rings is 1. The molecule has 25 heavy (non-hydrogen) atoms.